The van der Waals surface area contributed by atoms with Crippen LogP contribution in [0.5, 0.6) is 0 Å². The van der Waals surface area contributed by atoms with Gasteiger partial charge in [0, 0.05) is 12.6 Å². The predicted molar refractivity (Wildman–Crippen MR) is 73.7 cm³/mol. The molecule has 1 heterocycles. The molecule has 0 radical (unpaired) electrons. The molecule has 0 spiro atoms. The minimum Gasteiger partial charge on any atom is -0.455 e. The molecule has 1 aromatic rings. The number of hydrogen-bond donors (Lipinski definition) is 2. The summed E-state index contributed by atoms with van der Waals surface area (Å²) < 4.78 is 27.7. The second kappa shape index (κ2) is 5.97. The van der Waals surface area contributed by atoms with Crippen LogP contribution in [-0.2, 0) is 10.0 Å². The molecule has 1 saturated carbocycles. The molecular formula is C13H20N2O4S. The standard InChI is InChI=1S/C13H20N2O4S/c1-9-12(20(14,17)18)7-11(19-9)13(16)15-8-10-5-3-2-4-6-10/h7,10H,2-6,8H2,1H3,(H,15,16)(H2,14,17,18). The summed E-state index contributed by atoms with van der Waals surface area (Å²) in [6.07, 6.45) is 5.92. The van der Waals surface area contributed by atoms with Crippen molar-refractivity contribution in [1.82, 2.24) is 5.32 Å². The number of furan rings is 1. The second-order valence-corrected chi connectivity index (χ2v) is 6.82. The first-order valence-electron chi connectivity index (χ1n) is 6.79. The van der Waals surface area contributed by atoms with E-state index >= 15 is 0 Å². The number of nitrogens with two attached hydrogens (primary N) is 1. The van der Waals surface area contributed by atoms with Gasteiger partial charge < -0.3 is 9.73 Å². The highest BCUT2D eigenvalue weighted by molar-refractivity contribution is 7.89. The molecule has 0 aliphatic heterocycles. The first-order chi connectivity index (χ1) is 9.38. The molecule has 1 aromatic heterocycles. The normalized spacial score (nSPS) is 17.1. The number of aryl methyl sites for hydroxylation is 1. The van der Waals surface area contributed by atoms with Crippen molar-refractivity contribution >= 4 is 15.9 Å². The van der Waals surface area contributed by atoms with Crippen molar-refractivity contribution in [2.45, 2.75) is 43.9 Å². The molecular weight excluding hydrogens is 280 g/mol. The molecule has 6 nitrogen and oxygen atoms in total. The highest BCUT2D eigenvalue weighted by Gasteiger charge is 2.22. The van der Waals surface area contributed by atoms with E-state index in [-0.39, 0.29) is 16.4 Å². The number of carbonyl (C=O) groups is 1. The lowest BCUT2D eigenvalue weighted by Gasteiger charge is -2.21. The van der Waals surface area contributed by atoms with E-state index in [1.165, 1.54) is 32.3 Å². The zero-order valence-electron chi connectivity index (χ0n) is 11.5. The van der Waals surface area contributed by atoms with Gasteiger partial charge >= 0.3 is 0 Å². The largest absolute Gasteiger partial charge is 0.455 e. The van der Waals surface area contributed by atoms with Crippen LogP contribution in [0.1, 0.15) is 48.4 Å². The fraction of sp³-hybridized carbons (Fsp3) is 0.615. The lowest BCUT2D eigenvalue weighted by atomic mass is 9.89. The van der Waals surface area contributed by atoms with E-state index < -0.39 is 15.9 Å². The van der Waals surface area contributed by atoms with Crippen molar-refractivity contribution in [3.05, 3.63) is 17.6 Å². The fourth-order valence-corrected chi connectivity index (χ4v) is 3.29. The molecule has 0 bridgehead atoms. The number of primary sulfonamides is 1. The maximum Gasteiger partial charge on any atom is 0.287 e. The van der Waals surface area contributed by atoms with Crippen molar-refractivity contribution < 1.29 is 17.6 Å². The van der Waals surface area contributed by atoms with Crippen molar-refractivity contribution in [3.63, 3.8) is 0 Å². The van der Waals surface area contributed by atoms with Gasteiger partial charge in [0.25, 0.3) is 5.91 Å². The number of nitrogens with one attached hydrogen (secondary N) is 1. The van der Waals surface area contributed by atoms with E-state index in [9.17, 15) is 13.2 Å². The average Bonchev–Trinajstić information content (AvgIpc) is 2.79. The Morgan fingerprint density at radius 1 is 1.40 bits per heavy atom. The third-order valence-corrected chi connectivity index (χ3v) is 4.70. The quantitative estimate of drug-likeness (QED) is 0.880. The first-order valence-corrected chi connectivity index (χ1v) is 8.34. The Labute approximate surface area is 118 Å². The summed E-state index contributed by atoms with van der Waals surface area (Å²) in [5, 5.41) is 7.83. The number of hydrogen-bond acceptors (Lipinski definition) is 4. The van der Waals surface area contributed by atoms with Gasteiger partial charge in [-0.25, -0.2) is 13.6 Å². The highest BCUT2D eigenvalue weighted by atomic mass is 32.2. The van der Waals surface area contributed by atoms with Gasteiger partial charge in [0.2, 0.25) is 10.0 Å². The Morgan fingerprint density at radius 2 is 2.05 bits per heavy atom. The van der Waals surface area contributed by atoms with Crippen LogP contribution in [0.4, 0.5) is 0 Å². The van der Waals surface area contributed by atoms with Gasteiger partial charge in [-0.15, -0.1) is 0 Å². The van der Waals surface area contributed by atoms with Crippen molar-refractivity contribution in [3.8, 4) is 0 Å². The van der Waals surface area contributed by atoms with E-state index in [2.05, 4.69) is 5.32 Å². The predicted octanol–water partition coefficient (Wildman–Crippen LogP) is 1.55. The molecule has 2 rings (SSSR count). The highest BCUT2D eigenvalue weighted by Crippen LogP contribution is 2.23. The summed E-state index contributed by atoms with van der Waals surface area (Å²) in [4.78, 5) is 11.8. The van der Waals surface area contributed by atoms with Crippen molar-refractivity contribution in [2.24, 2.45) is 11.1 Å². The number of carbonyl (C=O) groups excluding carboxylic acids is 1. The molecule has 3 N–H and O–H groups in total. The topological polar surface area (TPSA) is 102 Å². The average molecular weight is 300 g/mol. The van der Waals surface area contributed by atoms with E-state index in [0.29, 0.717) is 12.5 Å². The fourth-order valence-electron chi connectivity index (χ4n) is 2.58. The first kappa shape index (κ1) is 15.1. The molecule has 7 heteroatoms. The van der Waals surface area contributed by atoms with Crippen LogP contribution in [0.25, 0.3) is 0 Å². The van der Waals surface area contributed by atoms with Crippen LogP contribution < -0.4 is 10.5 Å². The van der Waals surface area contributed by atoms with Gasteiger partial charge in [0.1, 0.15) is 10.7 Å². The Bertz CT molecular complexity index is 586. The van der Waals surface area contributed by atoms with Crippen LogP contribution in [0.2, 0.25) is 0 Å². The van der Waals surface area contributed by atoms with Crippen LogP contribution in [-0.4, -0.2) is 20.9 Å². The monoisotopic (exact) mass is 300 g/mol. The van der Waals surface area contributed by atoms with Crippen LogP contribution in [0.15, 0.2) is 15.4 Å². The molecule has 0 unspecified atom stereocenters. The van der Waals surface area contributed by atoms with Crippen molar-refractivity contribution in [1.29, 1.82) is 0 Å². The minimum absolute atomic E-state index is 0.0117. The molecule has 1 aliphatic rings. The zero-order chi connectivity index (χ0) is 14.8. The maximum absolute atomic E-state index is 11.9. The Kier molecular flexibility index (Phi) is 4.49. The molecule has 0 atom stereocenters. The Hall–Kier alpha value is -1.34. The number of amides is 1. The third-order valence-electron chi connectivity index (χ3n) is 3.68. The molecule has 112 valence electrons. The Morgan fingerprint density at radius 3 is 2.60 bits per heavy atom. The number of rotatable bonds is 4. The van der Waals surface area contributed by atoms with Gasteiger partial charge in [-0.05, 0) is 25.7 Å². The molecule has 1 aliphatic carbocycles. The lowest BCUT2D eigenvalue weighted by Crippen LogP contribution is -2.30. The van der Waals surface area contributed by atoms with Crippen LogP contribution in [0.3, 0.4) is 0 Å². The van der Waals surface area contributed by atoms with Crippen molar-refractivity contribution in [2.75, 3.05) is 6.54 Å². The summed E-state index contributed by atoms with van der Waals surface area (Å²) in [7, 11) is -3.86. The molecule has 1 amide bonds. The van der Waals surface area contributed by atoms with Gasteiger partial charge in [0.05, 0.1) is 0 Å². The second-order valence-electron chi connectivity index (χ2n) is 5.29. The molecule has 0 aromatic carbocycles. The zero-order valence-corrected chi connectivity index (χ0v) is 12.3. The van der Waals surface area contributed by atoms with Gasteiger partial charge in [-0.2, -0.15) is 0 Å². The lowest BCUT2D eigenvalue weighted by molar-refractivity contribution is 0.0914. The summed E-state index contributed by atoms with van der Waals surface area (Å²) in [6.45, 7) is 2.07. The molecule has 1 fully saturated rings. The van der Waals surface area contributed by atoms with Gasteiger partial charge in [0.15, 0.2) is 5.76 Å². The Balaban J connectivity index is 1.99. The molecule has 0 saturated heterocycles. The van der Waals surface area contributed by atoms with Gasteiger partial charge in [-0.3, -0.25) is 4.79 Å². The third kappa shape index (κ3) is 3.61. The van der Waals surface area contributed by atoms with Gasteiger partial charge in [-0.1, -0.05) is 19.3 Å². The van der Waals surface area contributed by atoms with Crippen LogP contribution >= 0.6 is 0 Å². The smallest absolute Gasteiger partial charge is 0.287 e. The maximum atomic E-state index is 11.9. The van der Waals surface area contributed by atoms with E-state index in [4.69, 9.17) is 9.56 Å². The van der Waals surface area contributed by atoms with Crippen LogP contribution in [0, 0.1) is 12.8 Å². The SMILES string of the molecule is Cc1oc(C(=O)NCC2CCCCC2)cc1S(N)(=O)=O. The van der Waals surface area contributed by atoms with E-state index in [1.54, 1.807) is 0 Å². The minimum atomic E-state index is -3.86. The summed E-state index contributed by atoms with van der Waals surface area (Å²) in [5.41, 5.74) is 0. The van der Waals surface area contributed by atoms with E-state index in [0.717, 1.165) is 12.8 Å². The summed E-state index contributed by atoms with van der Waals surface area (Å²) in [6, 6.07) is 1.18. The molecule has 20 heavy (non-hydrogen) atoms. The number of sulfonamides is 1. The summed E-state index contributed by atoms with van der Waals surface area (Å²) in [5.74, 6) is 0.229. The van der Waals surface area contributed by atoms with E-state index in [1.807, 2.05) is 0 Å². The summed E-state index contributed by atoms with van der Waals surface area (Å²) >= 11 is 0.